The first-order chi connectivity index (χ1) is 9.67. The summed E-state index contributed by atoms with van der Waals surface area (Å²) in [5, 5.41) is 18.9. The number of carboxylic acid groups (broad SMARTS) is 1. The van der Waals surface area contributed by atoms with Crippen molar-refractivity contribution >= 4 is 16.0 Å². The van der Waals surface area contributed by atoms with Crippen molar-refractivity contribution in [1.29, 1.82) is 0 Å². The van der Waals surface area contributed by atoms with Gasteiger partial charge in [0.2, 0.25) is 10.0 Å². The van der Waals surface area contributed by atoms with E-state index in [-0.39, 0.29) is 18.0 Å². The Kier molecular flexibility index (Phi) is 2.96. The van der Waals surface area contributed by atoms with Gasteiger partial charge in [0, 0.05) is 13.1 Å². The topological polar surface area (TPSA) is 94.9 Å². The van der Waals surface area contributed by atoms with Crippen LogP contribution in [0.5, 0.6) is 0 Å². The maximum Gasteiger partial charge on any atom is 0.314 e. The number of aliphatic hydroxyl groups is 1. The van der Waals surface area contributed by atoms with Crippen molar-refractivity contribution < 1.29 is 23.4 Å². The van der Waals surface area contributed by atoms with Crippen molar-refractivity contribution in [2.75, 3.05) is 13.1 Å². The van der Waals surface area contributed by atoms with E-state index in [2.05, 4.69) is 0 Å². The second-order valence-corrected chi connectivity index (χ2v) is 8.12. The molecule has 1 heterocycles. The van der Waals surface area contributed by atoms with Gasteiger partial charge in [0.05, 0.1) is 15.9 Å². The van der Waals surface area contributed by atoms with E-state index in [9.17, 15) is 23.4 Å². The molecule has 1 aromatic carbocycles. The number of benzene rings is 1. The molecule has 1 aliphatic carbocycles. The van der Waals surface area contributed by atoms with Crippen molar-refractivity contribution in [3.8, 4) is 0 Å². The van der Waals surface area contributed by atoms with Gasteiger partial charge in [-0.15, -0.1) is 0 Å². The minimum absolute atomic E-state index is 0.0795. The lowest BCUT2D eigenvalue weighted by Gasteiger charge is -2.42. The second-order valence-electron chi connectivity index (χ2n) is 6.18. The zero-order valence-electron chi connectivity index (χ0n) is 11.6. The Labute approximate surface area is 123 Å². The van der Waals surface area contributed by atoms with Crippen molar-refractivity contribution in [2.24, 2.45) is 0 Å². The second kappa shape index (κ2) is 4.28. The van der Waals surface area contributed by atoms with Gasteiger partial charge in [-0.1, -0.05) is 12.1 Å². The minimum atomic E-state index is -3.61. The average Bonchev–Trinajstić information content (AvgIpc) is 3.17. The number of sulfonamides is 1. The van der Waals surface area contributed by atoms with Gasteiger partial charge in [-0.05, 0) is 37.5 Å². The van der Waals surface area contributed by atoms with Crippen molar-refractivity contribution in [1.82, 2.24) is 4.31 Å². The van der Waals surface area contributed by atoms with Gasteiger partial charge < -0.3 is 10.2 Å². The number of β-amino-alcohol motifs (C(OH)–C–C–N with tert-alkyl or cyclic N) is 1. The van der Waals surface area contributed by atoms with E-state index in [0.29, 0.717) is 18.4 Å². The standard InChI is InChI=1S/C14H17NO5S/c1-13(18)8-15(9-13)21(19,20)11-4-2-10(3-5-11)14(6-7-14)12(16)17/h2-5,18H,6-9H2,1H3,(H,16,17). The molecule has 1 aliphatic heterocycles. The van der Waals surface area contributed by atoms with E-state index in [4.69, 9.17) is 0 Å². The zero-order chi connectivity index (χ0) is 15.5. The lowest BCUT2D eigenvalue weighted by atomic mass is 9.96. The molecule has 0 radical (unpaired) electrons. The van der Waals surface area contributed by atoms with E-state index in [1.807, 2.05) is 0 Å². The van der Waals surface area contributed by atoms with E-state index < -0.39 is 27.0 Å². The summed E-state index contributed by atoms with van der Waals surface area (Å²) in [4.78, 5) is 11.4. The van der Waals surface area contributed by atoms with Crippen LogP contribution in [0.1, 0.15) is 25.3 Å². The Morgan fingerprint density at radius 1 is 1.19 bits per heavy atom. The summed E-state index contributed by atoms with van der Waals surface area (Å²) in [6.07, 6.45) is 1.17. The maximum absolute atomic E-state index is 12.3. The molecule has 0 amide bonds. The summed E-state index contributed by atoms with van der Waals surface area (Å²) in [6.45, 7) is 1.75. The number of carboxylic acids is 1. The van der Waals surface area contributed by atoms with E-state index >= 15 is 0 Å². The predicted octanol–water partition coefficient (Wildman–Crippen LogP) is 0.558. The quantitative estimate of drug-likeness (QED) is 0.847. The molecule has 1 saturated heterocycles. The van der Waals surface area contributed by atoms with E-state index in [1.54, 1.807) is 19.1 Å². The SMILES string of the molecule is CC1(O)CN(S(=O)(=O)c2ccc(C3(C(=O)O)CC3)cc2)C1. The zero-order valence-corrected chi connectivity index (χ0v) is 12.4. The van der Waals surface area contributed by atoms with Crippen molar-refractivity contribution in [3.63, 3.8) is 0 Å². The van der Waals surface area contributed by atoms with Gasteiger partial charge >= 0.3 is 5.97 Å². The van der Waals surface area contributed by atoms with Crippen LogP contribution >= 0.6 is 0 Å². The molecule has 0 atom stereocenters. The molecule has 0 spiro atoms. The van der Waals surface area contributed by atoms with Crippen molar-refractivity contribution in [3.05, 3.63) is 29.8 Å². The fraction of sp³-hybridized carbons (Fsp3) is 0.500. The molecule has 21 heavy (non-hydrogen) atoms. The van der Waals surface area contributed by atoms with Gasteiger partial charge in [0.15, 0.2) is 0 Å². The van der Waals surface area contributed by atoms with Crippen LogP contribution in [0.4, 0.5) is 0 Å². The first kappa shape index (κ1) is 14.5. The highest BCUT2D eigenvalue weighted by atomic mass is 32.2. The van der Waals surface area contributed by atoms with Crippen LogP contribution in [-0.2, 0) is 20.2 Å². The summed E-state index contributed by atoms with van der Waals surface area (Å²) in [5.74, 6) is -0.864. The molecule has 2 fully saturated rings. The molecule has 1 saturated carbocycles. The third kappa shape index (κ3) is 2.25. The summed E-state index contributed by atoms with van der Waals surface area (Å²) in [5.41, 5.74) is -1.15. The fourth-order valence-electron chi connectivity index (χ4n) is 2.73. The average molecular weight is 311 g/mol. The highest BCUT2D eigenvalue weighted by molar-refractivity contribution is 7.89. The molecule has 1 aromatic rings. The van der Waals surface area contributed by atoms with Gasteiger partial charge in [-0.25, -0.2) is 8.42 Å². The third-order valence-corrected chi connectivity index (χ3v) is 6.04. The first-order valence-electron chi connectivity index (χ1n) is 6.74. The molecule has 0 aromatic heterocycles. The Bertz CT molecular complexity index is 681. The van der Waals surface area contributed by atoms with Crippen LogP contribution in [-0.4, -0.2) is 47.6 Å². The number of aliphatic carboxylic acids is 1. The normalized spacial score (nSPS) is 23.3. The van der Waals surface area contributed by atoms with Crippen LogP contribution < -0.4 is 0 Å². The van der Waals surface area contributed by atoms with Gasteiger partial charge in [0.25, 0.3) is 0 Å². The molecule has 6 nitrogen and oxygen atoms in total. The largest absolute Gasteiger partial charge is 0.481 e. The molecule has 0 bridgehead atoms. The minimum Gasteiger partial charge on any atom is -0.481 e. The van der Waals surface area contributed by atoms with Crippen LogP contribution in [0.2, 0.25) is 0 Å². The lowest BCUT2D eigenvalue weighted by molar-refractivity contribution is -0.140. The summed E-state index contributed by atoms with van der Waals surface area (Å²) in [7, 11) is -3.61. The number of carbonyl (C=O) groups is 1. The summed E-state index contributed by atoms with van der Waals surface area (Å²) >= 11 is 0. The Hall–Kier alpha value is -1.44. The van der Waals surface area contributed by atoms with E-state index in [1.165, 1.54) is 16.4 Å². The molecular formula is C14H17NO5S. The Morgan fingerprint density at radius 2 is 1.71 bits per heavy atom. The van der Waals surface area contributed by atoms with Gasteiger partial charge in [-0.2, -0.15) is 4.31 Å². The summed E-state index contributed by atoms with van der Waals surface area (Å²) < 4.78 is 25.8. The monoisotopic (exact) mass is 311 g/mol. The lowest BCUT2D eigenvalue weighted by Crippen LogP contribution is -2.61. The van der Waals surface area contributed by atoms with Gasteiger partial charge in [-0.3, -0.25) is 4.79 Å². The third-order valence-electron chi connectivity index (χ3n) is 4.24. The van der Waals surface area contributed by atoms with Crippen LogP contribution in [0.3, 0.4) is 0 Å². The fourth-order valence-corrected chi connectivity index (χ4v) is 4.40. The summed E-state index contributed by atoms with van der Waals surface area (Å²) in [6, 6.07) is 6.04. The highest BCUT2D eigenvalue weighted by Gasteiger charge is 2.51. The molecule has 7 heteroatoms. The van der Waals surface area contributed by atoms with Crippen molar-refractivity contribution in [2.45, 2.75) is 35.7 Å². The molecular weight excluding hydrogens is 294 g/mol. The maximum atomic E-state index is 12.3. The number of nitrogens with zero attached hydrogens (tertiary/aromatic N) is 1. The smallest absolute Gasteiger partial charge is 0.314 e. The van der Waals surface area contributed by atoms with Crippen LogP contribution in [0.15, 0.2) is 29.2 Å². The molecule has 3 rings (SSSR count). The van der Waals surface area contributed by atoms with Crippen LogP contribution in [0.25, 0.3) is 0 Å². The first-order valence-corrected chi connectivity index (χ1v) is 8.18. The highest BCUT2D eigenvalue weighted by Crippen LogP contribution is 2.48. The molecule has 114 valence electrons. The Morgan fingerprint density at radius 3 is 2.10 bits per heavy atom. The number of hydrogen-bond donors (Lipinski definition) is 2. The number of rotatable bonds is 4. The predicted molar refractivity (Wildman–Crippen MR) is 74.4 cm³/mol. The molecule has 2 N–H and O–H groups in total. The van der Waals surface area contributed by atoms with E-state index in [0.717, 1.165) is 0 Å². The Balaban J connectivity index is 1.84. The molecule has 2 aliphatic rings. The van der Waals surface area contributed by atoms with Crippen LogP contribution in [0, 0.1) is 0 Å². The van der Waals surface area contributed by atoms with Gasteiger partial charge in [0.1, 0.15) is 0 Å². The number of hydrogen-bond acceptors (Lipinski definition) is 4. The molecule has 0 unspecified atom stereocenters.